The van der Waals surface area contributed by atoms with E-state index in [1.807, 2.05) is 114 Å². The molecule has 2 aliphatic rings. The van der Waals surface area contributed by atoms with E-state index < -0.39 is 5.97 Å². The van der Waals surface area contributed by atoms with Crippen LogP contribution in [0.3, 0.4) is 0 Å². The number of carbonyl (C=O) groups excluding carboxylic acids is 2. The first kappa shape index (κ1) is 82.1. The molecule has 11 rings (SSSR count). The van der Waals surface area contributed by atoms with E-state index in [1.165, 1.54) is 30.7 Å². The predicted molar refractivity (Wildman–Crippen MR) is 403 cm³/mol. The number of amides is 2. The summed E-state index contributed by atoms with van der Waals surface area (Å²) in [6, 6.07) is 48.3. The first-order valence-corrected chi connectivity index (χ1v) is 33.9. The number of benzene rings is 5. The first-order valence-electron chi connectivity index (χ1n) is 30.1. The fourth-order valence-corrected chi connectivity index (χ4v) is 11.1. The molecule has 0 spiro atoms. The number of aromatic carboxylic acids is 1. The number of nitrogen functional groups attached to an aromatic ring is 2. The van der Waals surface area contributed by atoms with Gasteiger partial charge in [-0.15, -0.1) is 0 Å². The maximum atomic E-state index is 12.2. The number of halogens is 7. The predicted octanol–water partition coefficient (Wildman–Crippen LogP) is 15.0. The van der Waals surface area contributed by atoms with Crippen molar-refractivity contribution in [3.05, 3.63) is 265 Å². The van der Waals surface area contributed by atoms with E-state index in [1.54, 1.807) is 85.3 Å². The highest BCUT2D eigenvalue weighted by atomic mass is 79.9. The molecule has 21 nitrogen and oxygen atoms in total. The maximum Gasteiger partial charge on any atom is 0.496 e. The molecule has 2 amide bonds. The van der Waals surface area contributed by atoms with Gasteiger partial charge in [0.25, 0.3) is 11.5 Å². The fourth-order valence-electron chi connectivity index (χ4n) is 8.71. The molecule has 0 saturated carbocycles. The number of nitrogens with one attached hydrogen (secondary N) is 1. The van der Waals surface area contributed by atoms with Crippen LogP contribution in [0.15, 0.2) is 172 Å². The number of carboxylic acid groups (broad SMARTS) is 1. The first-order chi connectivity index (χ1) is 47.7. The Morgan fingerprint density at radius 2 is 1.05 bits per heavy atom. The van der Waals surface area contributed by atoms with E-state index in [0.717, 1.165) is 64.4 Å². The van der Waals surface area contributed by atoms with E-state index in [4.69, 9.17) is 105 Å². The molecule has 518 valence electrons. The van der Waals surface area contributed by atoms with Gasteiger partial charge >= 0.3 is 13.1 Å². The topological polar surface area (TPSA) is 338 Å². The Morgan fingerprint density at radius 1 is 0.594 bits per heavy atom. The number of hydrogen-bond acceptors (Lipinski definition) is 17. The molecule has 6 heterocycles. The average molecular weight is 1590 g/mol. The second-order valence-corrected chi connectivity index (χ2v) is 26.8. The van der Waals surface area contributed by atoms with Crippen molar-refractivity contribution in [1.82, 2.24) is 29.7 Å². The van der Waals surface area contributed by atoms with Crippen molar-refractivity contribution in [3.63, 3.8) is 0 Å². The molecule has 0 unspecified atom stereocenters. The van der Waals surface area contributed by atoms with Crippen molar-refractivity contribution in [1.29, 1.82) is 21.0 Å². The third kappa shape index (κ3) is 27.8. The van der Waals surface area contributed by atoms with Crippen LogP contribution >= 0.6 is 89.9 Å². The molecule has 2 aliphatic heterocycles. The molecule has 5 aromatic carbocycles. The van der Waals surface area contributed by atoms with Crippen LogP contribution in [0.1, 0.15) is 112 Å². The third-order valence-electron chi connectivity index (χ3n) is 14.3. The second kappa shape index (κ2) is 39.5. The third-order valence-corrected chi connectivity index (χ3v) is 16.5. The van der Waals surface area contributed by atoms with Crippen LogP contribution in [0.4, 0.5) is 17.5 Å². The molecule has 9 aromatic rings. The zero-order valence-corrected chi connectivity index (χ0v) is 62.7. The lowest BCUT2D eigenvalue weighted by molar-refractivity contribution is -0.130. The van der Waals surface area contributed by atoms with Crippen molar-refractivity contribution >= 4 is 143 Å². The molecule has 1 saturated heterocycles. The minimum Gasteiger partial charge on any atom is -0.476 e. The molecular weight excluding hydrogens is 1520 g/mol. The second-order valence-electron chi connectivity index (χ2n) is 23.1. The van der Waals surface area contributed by atoms with Gasteiger partial charge < -0.3 is 31.2 Å². The summed E-state index contributed by atoms with van der Waals surface area (Å²) in [5, 5.41) is 58.5. The van der Waals surface area contributed by atoms with Gasteiger partial charge in [-0.25, -0.2) is 29.4 Å². The van der Waals surface area contributed by atoms with Crippen LogP contribution < -0.4 is 27.8 Å². The van der Waals surface area contributed by atoms with Gasteiger partial charge in [0, 0.05) is 92.0 Å². The summed E-state index contributed by atoms with van der Waals surface area (Å²) in [4.78, 5) is 56.9. The minimum absolute atomic E-state index is 0.116. The Kier molecular flexibility index (Phi) is 32.1. The van der Waals surface area contributed by atoms with Crippen LogP contribution in [-0.2, 0) is 44.1 Å². The van der Waals surface area contributed by atoms with Crippen molar-refractivity contribution < 1.29 is 28.8 Å². The van der Waals surface area contributed by atoms with Gasteiger partial charge in [0.1, 0.15) is 23.2 Å². The van der Waals surface area contributed by atoms with Crippen LogP contribution in [-0.4, -0.2) is 83.7 Å². The number of rotatable bonds is 9. The summed E-state index contributed by atoms with van der Waals surface area (Å²) >= 11 is 35.7. The molecule has 0 atom stereocenters. The number of nitriles is 4. The molecule has 1 fully saturated rings. The molecule has 4 aromatic heterocycles. The van der Waals surface area contributed by atoms with Crippen molar-refractivity contribution in [2.24, 2.45) is 12.1 Å². The van der Waals surface area contributed by atoms with E-state index in [9.17, 15) is 19.2 Å². The lowest BCUT2D eigenvalue weighted by Crippen LogP contribution is -2.41. The number of nitrogens with two attached hydrogens (primary N) is 2. The van der Waals surface area contributed by atoms with E-state index in [2.05, 4.69) is 74.5 Å². The summed E-state index contributed by atoms with van der Waals surface area (Å²) in [5.41, 5.74) is 20.5. The normalized spacial score (nSPS) is 12.7. The van der Waals surface area contributed by atoms with Gasteiger partial charge in [0.05, 0.1) is 57.7 Å². The highest BCUT2D eigenvalue weighted by Crippen LogP contribution is 2.36. The lowest BCUT2D eigenvalue weighted by atomic mass is 9.80. The summed E-state index contributed by atoms with van der Waals surface area (Å²) in [5.74, 6) is -0.231. The summed E-state index contributed by atoms with van der Waals surface area (Å²) in [6.45, 7) is 12.0. The van der Waals surface area contributed by atoms with Gasteiger partial charge in [0.2, 0.25) is 5.91 Å². The van der Waals surface area contributed by atoms with E-state index in [0.29, 0.717) is 84.8 Å². The smallest absolute Gasteiger partial charge is 0.476 e. The Bertz CT molecular complexity index is 4590. The van der Waals surface area contributed by atoms with Crippen molar-refractivity contribution in [2.45, 2.75) is 83.8 Å². The summed E-state index contributed by atoms with van der Waals surface area (Å²) in [6.07, 6.45) is 6.89. The lowest BCUT2D eigenvalue weighted by Gasteiger charge is -2.32. The summed E-state index contributed by atoms with van der Waals surface area (Å²) in [7, 11) is 2.56. The fraction of sp³-hybridized carbons (Fsp3) is 0.208. The Morgan fingerprint density at radius 3 is 1.47 bits per heavy atom. The van der Waals surface area contributed by atoms with Crippen LogP contribution in [0.25, 0.3) is 0 Å². The van der Waals surface area contributed by atoms with E-state index in [-0.39, 0.29) is 47.8 Å². The Labute approximate surface area is 627 Å². The molecule has 0 aliphatic carbocycles. The number of carbonyl (C=O) groups is 3. The number of anilines is 3. The van der Waals surface area contributed by atoms with Crippen LogP contribution in [0.2, 0.25) is 25.1 Å². The van der Waals surface area contributed by atoms with Gasteiger partial charge in [0.15, 0.2) is 5.69 Å². The Hall–Kier alpha value is -9.54. The van der Waals surface area contributed by atoms with Gasteiger partial charge in [-0.3, -0.25) is 14.4 Å². The molecule has 0 radical (unpaired) electrons. The van der Waals surface area contributed by atoms with Crippen molar-refractivity contribution in [2.75, 3.05) is 23.8 Å². The number of hydrazone groups is 1. The molecule has 0 bridgehead atoms. The zero-order chi connectivity index (χ0) is 74.7. The number of hydrogen-bond donors (Lipinski definition) is 4. The molecule has 29 heteroatoms. The van der Waals surface area contributed by atoms with Crippen LogP contribution in [0.5, 0.6) is 0 Å². The monoisotopic (exact) mass is 1580 g/mol. The standard InChI is InChI=1S/C19H16ClN5O2.C13H10ClN3.C11H17BN2O2.C8H5BrClN.C8H6ClN.C7H6BrCl.C6H6N2O3/c1-25-18(26)5-3-16(24-25)19(27)23-17-4-2-12(11-22-17)6-13-7-14(10-21)9-15(20)8-13;14-12-5-10(4-11(6-12)7-15)3-9-1-2-13(16)17-8-9;1-10(2)11(3,4)16-12(15-10)8-5-6-9(13)14-7-8;9-4-6-1-7(5-11)3-8(10)2-6;1-6-2-7(5-10)4-8(9)3-6;1-5-2-6(8)4-7(9)3-5;1-8-5(9)3-2-4(7-8)6(10)11/h2,4,7-9,11H,3,5-6H2,1H3,(H,22,23,27);1-2,4-6,8H,3H2,(H2,16,17);5-7H,1-4H3,(H2,13,14);1-3H,4H2;2-4H,1H3;2-4H,1H3;2-3H,1H3,(H,10,11). The maximum absolute atomic E-state index is 12.2. The number of alkyl halides is 1. The van der Waals surface area contributed by atoms with Crippen molar-refractivity contribution in [3.8, 4) is 24.3 Å². The van der Waals surface area contributed by atoms with Gasteiger partial charge in [-0.05, 0) is 209 Å². The SMILES string of the molecule is CC1(C)OB(c2ccc(N)nc2)OC1(C)C.CN1N=C(C(=O)Nc2ccc(Cc3cc(Cl)cc(C#N)c3)cn2)CCC1=O.Cc1cc(Cl)cc(Br)c1.Cc1cc(Cl)cc(C#N)c1.Cn1nc(C(=O)O)ccc1=O.N#Cc1cc(Cl)cc(CBr)c1.N#Cc1cc(Cl)cc(Cc2ccc(N)nc2)c1. The largest absolute Gasteiger partial charge is 0.496 e. The summed E-state index contributed by atoms with van der Waals surface area (Å²) < 4.78 is 13.8. The minimum atomic E-state index is -1.14. The highest BCUT2D eigenvalue weighted by molar-refractivity contribution is 9.10. The number of carboxylic acids is 1. The number of aromatic nitrogens is 5. The number of nitrogens with zero attached hydrogens (tertiary/aromatic N) is 11. The molecular formula is C72H66BBr2Cl5N14O7. The zero-order valence-electron chi connectivity index (χ0n) is 55.7. The molecule has 101 heavy (non-hydrogen) atoms. The Balaban J connectivity index is 0.000000220. The number of pyridine rings is 3. The molecule has 6 N–H and O–H groups in total. The highest BCUT2D eigenvalue weighted by Gasteiger charge is 2.51. The quantitative estimate of drug-likeness (QED) is 0.0770. The van der Waals surface area contributed by atoms with Gasteiger partial charge in [-0.2, -0.15) is 31.2 Å². The van der Waals surface area contributed by atoms with Gasteiger partial charge in [-0.1, -0.05) is 108 Å². The van der Waals surface area contributed by atoms with Crippen LogP contribution in [0, 0.1) is 59.2 Å². The number of aryl methyl sites for hydroxylation is 3. The van der Waals surface area contributed by atoms with E-state index >= 15 is 0 Å². The average Bonchev–Trinajstić information content (AvgIpc) is 1.63.